The predicted octanol–water partition coefficient (Wildman–Crippen LogP) is 1.94. The molecule has 0 saturated heterocycles. The van der Waals surface area contributed by atoms with Crippen molar-refractivity contribution in [2.45, 2.75) is 6.54 Å². The van der Waals surface area contributed by atoms with E-state index in [1.165, 1.54) is 12.1 Å². The van der Waals surface area contributed by atoms with Gasteiger partial charge in [-0.3, -0.25) is 4.79 Å². The van der Waals surface area contributed by atoms with Crippen LogP contribution < -0.4 is 5.32 Å². The summed E-state index contributed by atoms with van der Waals surface area (Å²) in [5.41, 5.74) is 1.22. The number of carbonyl (C=O) groups is 1. The van der Waals surface area contributed by atoms with Crippen LogP contribution in [0.5, 0.6) is 0 Å². The molecule has 108 valence electrons. The van der Waals surface area contributed by atoms with E-state index < -0.39 is 0 Å². The van der Waals surface area contributed by atoms with Crippen LogP contribution in [0.15, 0.2) is 43.0 Å². The van der Waals surface area contributed by atoms with Gasteiger partial charge in [-0.2, -0.15) is 0 Å². The molecule has 2 heterocycles. The Kier molecular flexibility index (Phi) is 3.43. The largest absolute Gasteiger partial charge is 0.349 e. The molecule has 0 aliphatic carbocycles. The quantitative estimate of drug-likeness (QED) is 0.797. The number of amides is 1. The van der Waals surface area contributed by atoms with Gasteiger partial charge in [-0.15, -0.1) is 0 Å². The number of hydrogen-bond donors (Lipinski definition) is 1. The zero-order valence-corrected chi connectivity index (χ0v) is 11.6. The van der Waals surface area contributed by atoms with E-state index in [0.717, 1.165) is 5.39 Å². The lowest BCUT2D eigenvalue weighted by atomic mass is 10.2. The van der Waals surface area contributed by atoms with Crippen LogP contribution in [-0.4, -0.2) is 26.6 Å². The molecule has 0 aliphatic rings. The molecule has 0 atom stereocenters. The lowest BCUT2D eigenvalue weighted by Gasteiger charge is -2.07. The Hall–Kier alpha value is -2.63. The van der Waals surface area contributed by atoms with Crippen molar-refractivity contribution in [1.82, 2.24) is 19.4 Å². The number of hydrogen-bond acceptors (Lipinski definition) is 2. The smallest absolute Gasteiger partial charge is 0.267 e. The van der Waals surface area contributed by atoms with Crippen molar-refractivity contribution in [2.24, 2.45) is 7.05 Å². The molecule has 5 nitrogen and oxygen atoms in total. The summed E-state index contributed by atoms with van der Waals surface area (Å²) in [5.74, 6) is -0.481. The Balaban J connectivity index is 1.73. The molecule has 2 aromatic heterocycles. The van der Waals surface area contributed by atoms with E-state index in [1.54, 1.807) is 36.3 Å². The minimum Gasteiger partial charge on any atom is -0.349 e. The highest BCUT2D eigenvalue weighted by Crippen LogP contribution is 2.19. The van der Waals surface area contributed by atoms with Crippen LogP contribution in [0.3, 0.4) is 0 Å². The van der Waals surface area contributed by atoms with Crippen LogP contribution in [0.25, 0.3) is 10.9 Å². The van der Waals surface area contributed by atoms with Gasteiger partial charge in [-0.25, -0.2) is 9.37 Å². The Labute approximate surface area is 121 Å². The highest BCUT2D eigenvalue weighted by Gasteiger charge is 2.13. The number of nitrogens with one attached hydrogen (secondary N) is 1. The second-order valence-electron chi connectivity index (χ2n) is 4.85. The molecule has 0 saturated carbocycles. The van der Waals surface area contributed by atoms with Crippen LogP contribution in [-0.2, 0) is 13.6 Å². The summed E-state index contributed by atoms with van der Waals surface area (Å²) in [7, 11) is 1.76. The maximum Gasteiger partial charge on any atom is 0.267 e. The summed E-state index contributed by atoms with van der Waals surface area (Å²) in [5, 5.41) is 3.70. The molecular formula is C15H15FN4O. The predicted molar refractivity (Wildman–Crippen MR) is 77.4 cm³/mol. The van der Waals surface area contributed by atoms with Crippen molar-refractivity contribution in [3.8, 4) is 0 Å². The van der Waals surface area contributed by atoms with E-state index >= 15 is 0 Å². The van der Waals surface area contributed by atoms with Gasteiger partial charge in [-0.05, 0) is 24.3 Å². The average molecular weight is 286 g/mol. The molecule has 0 spiro atoms. The van der Waals surface area contributed by atoms with Gasteiger partial charge in [0.1, 0.15) is 11.5 Å². The molecule has 6 heteroatoms. The van der Waals surface area contributed by atoms with Crippen LogP contribution in [0.1, 0.15) is 10.5 Å². The van der Waals surface area contributed by atoms with Gasteiger partial charge in [-0.1, -0.05) is 0 Å². The van der Waals surface area contributed by atoms with Crippen LogP contribution >= 0.6 is 0 Å². The topological polar surface area (TPSA) is 51.9 Å². The summed E-state index contributed by atoms with van der Waals surface area (Å²) in [6.07, 6.45) is 5.23. The van der Waals surface area contributed by atoms with Gasteiger partial charge in [0.15, 0.2) is 0 Å². The van der Waals surface area contributed by atoms with Gasteiger partial charge in [0.25, 0.3) is 5.91 Å². The lowest BCUT2D eigenvalue weighted by Crippen LogP contribution is -2.28. The molecular weight excluding hydrogens is 271 g/mol. The number of rotatable bonds is 4. The van der Waals surface area contributed by atoms with Crippen LogP contribution in [0.4, 0.5) is 4.39 Å². The first-order valence-electron chi connectivity index (χ1n) is 6.64. The number of imidazole rings is 1. The van der Waals surface area contributed by atoms with Crippen LogP contribution in [0.2, 0.25) is 0 Å². The zero-order chi connectivity index (χ0) is 14.8. The molecule has 1 N–H and O–H groups in total. The summed E-state index contributed by atoms with van der Waals surface area (Å²) < 4.78 is 16.8. The van der Waals surface area contributed by atoms with Crippen LogP contribution in [0, 0.1) is 5.82 Å². The molecule has 21 heavy (non-hydrogen) atoms. The third-order valence-corrected chi connectivity index (χ3v) is 3.45. The van der Waals surface area contributed by atoms with E-state index in [9.17, 15) is 9.18 Å². The minimum atomic E-state index is -0.309. The second kappa shape index (κ2) is 5.40. The van der Waals surface area contributed by atoms with Crippen molar-refractivity contribution in [3.63, 3.8) is 0 Å². The molecule has 3 rings (SSSR count). The monoisotopic (exact) mass is 286 g/mol. The second-order valence-corrected chi connectivity index (χ2v) is 4.85. The molecule has 0 bridgehead atoms. The minimum absolute atomic E-state index is 0.172. The Morgan fingerprint density at radius 1 is 1.38 bits per heavy atom. The van der Waals surface area contributed by atoms with Gasteiger partial charge >= 0.3 is 0 Å². The number of nitrogens with zero attached hydrogens (tertiary/aromatic N) is 3. The zero-order valence-electron chi connectivity index (χ0n) is 11.6. The highest BCUT2D eigenvalue weighted by atomic mass is 19.1. The van der Waals surface area contributed by atoms with Crippen molar-refractivity contribution in [3.05, 3.63) is 54.5 Å². The third-order valence-electron chi connectivity index (χ3n) is 3.45. The van der Waals surface area contributed by atoms with Crippen molar-refractivity contribution >= 4 is 16.8 Å². The first-order chi connectivity index (χ1) is 10.1. The van der Waals surface area contributed by atoms with Gasteiger partial charge in [0, 0.05) is 37.9 Å². The fourth-order valence-corrected chi connectivity index (χ4v) is 2.33. The van der Waals surface area contributed by atoms with Gasteiger partial charge < -0.3 is 14.5 Å². The number of aromatic nitrogens is 3. The molecule has 3 aromatic rings. The fraction of sp³-hybridized carbons (Fsp3) is 0.200. The molecule has 0 aliphatic heterocycles. The summed E-state index contributed by atoms with van der Waals surface area (Å²) in [4.78, 5) is 16.1. The summed E-state index contributed by atoms with van der Waals surface area (Å²) in [6, 6.07) is 6.26. The number of fused-ring (bicyclic) bond motifs is 1. The maximum absolute atomic E-state index is 13.3. The van der Waals surface area contributed by atoms with E-state index in [4.69, 9.17) is 0 Å². The Bertz CT molecular complexity index is 776. The number of benzene rings is 1. The van der Waals surface area contributed by atoms with E-state index in [2.05, 4.69) is 10.3 Å². The SMILES string of the molecule is Cn1c(C(=O)NCCn2ccnc2)cc2ccc(F)cc21. The van der Waals surface area contributed by atoms with Crippen molar-refractivity contribution < 1.29 is 9.18 Å². The average Bonchev–Trinajstić information content (AvgIpc) is 3.08. The molecule has 0 radical (unpaired) electrons. The van der Waals surface area contributed by atoms with E-state index in [1.807, 2.05) is 10.8 Å². The summed E-state index contributed by atoms with van der Waals surface area (Å²) in [6.45, 7) is 1.16. The number of carbonyl (C=O) groups excluding carboxylic acids is 1. The molecule has 0 fully saturated rings. The number of aryl methyl sites for hydroxylation is 1. The van der Waals surface area contributed by atoms with Crippen molar-refractivity contribution in [2.75, 3.05) is 6.54 Å². The third kappa shape index (κ3) is 2.65. The van der Waals surface area contributed by atoms with E-state index in [-0.39, 0.29) is 11.7 Å². The van der Waals surface area contributed by atoms with Gasteiger partial charge in [0.2, 0.25) is 0 Å². The number of halogens is 1. The first-order valence-corrected chi connectivity index (χ1v) is 6.64. The van der Waals surface area contributed by atoms with Gasteiger partial charge in [0.05, 0.1) is 11.8 Å². The normalized spacial score (nSPS) is 11.0. The molecule has 0 unspecified atom stereocenters. The molecule has 1 amide bonds. The standard InChI is InChI=1S/C15H15FN4O/c1-19-13-9-12(16)3-2-11(13)8-14(19)15(21)18-5-7-20-6-4-17-10-20/h2-4,6,8-10H,5,7H2,1H3,(H,18,21). The highest BCUT2D eigenvalue weighted by molar-refractivity contribution is 5.98. The molecule has 1 aromatic carbocycles. The first kappa shape index (κ1) is 13.4. The summed E-state index contributed by atoms with van der Waals surface area (Å²) >= 11 is 0. The Morgan fingerprint density at radius 2 is 2.24 bits per heavy atom. The van der Waals surface area contributed by atoms with E-state index in [0.29, 0.717) is 24.3 Å². The lowest BCUT2D eigenvalue weighted by molar-refractivity contribution is 0.0944. The van der Waals surface area contributed by atoms with Crippen molar-refractivity contribution in [1.29, 1.82) is 0 Å². The maximum atomic E-state index is 13.3. The fourth-order valence-electron chi connectivity index (χ4n) is 2.33. The Morgan fingerprint density at radius 3 is 3.00 bits per heavy atom.